The molecule has 3 rings (SSSR count). The third kappa shape index (κ3) is 3.16. The van der Waals surface area contributed by atoms with Crippen LogP contribution in [0.25, 0.3) is 10.1 Å². The lowest BCUT2D eigenvalue weighted by molar-refractivity contribution is 0.0700. The molecule has 0 saturated carbocycles. The Morgan fingerprint density at radius 2 is 1.88 bits per heavy atom. The second-order valence-electron chi connectivity index (χ2n) is 5.74. The molecule has 1 aromatic heterocycles. The fourth-order valence-corrected chi connectivity index (χ4v) is 5.07. The maximum absolute atomic E-state index is 12.7. The summed E-state index contributed by atoms with van der Waals surface area (Å²) in [6.45, 7) is 1.37. The first-order valence-corrected chi connectivity index (χ1v) is 10.0. The number of carbonyl (C=O) groups is 1. The molecule has 2 aromatic rings. The van der Waals surface area contributed by atoms with Gasteiger partial charge in [-0.3, -0.25) is 4.79 Å². The molecule has 24 heavy (non-hydrogen) atoms. The highest BCUT2D eigenvalue weighted by Gasteiger charge is 2.31. The van der Waals surface area contributed by atoms with Crippen molar-refractivity contribution >= 4 is 49.1 Å². The number of hydrogen-bond acceptors (Lipinski definition) is 4. The largest absolute Gasteiger partial charge is 0.335 e. The van der Waals surface area contributed by atoms with E-state index in [1.165, 1.54) is 34.0 Å². The summed E-state index contributed by atoms with van der Waals surface area (Å²) >= 11 is 7.57. The number of thiophene rings is 1. The van der Waals surface area contributed by atoms with E-state index >= 15 is 0 Å². The van der Waals surface area contributed by atoms with Crippen molar-refractivity contribution in [1.29, 1.82) is 0 Å². The van der Waals surface area contributed by atoms with Crippen molar-refractivity contribution in [2.75, 3.05) is 40.3 Å². The molecular weight excluding hydrogens is 370 g/mol. The van der Waals surface area contributed by atoms with Gasteiger partial charge in [0.1, 0.15) is 0 Å². The van der Waals surface area contributed by atoms with Crippen molar-refractivity contribution in [3.05, 3.63) is 34.2 Å². The Morgan fingerprint density at radius 3 is 2.46 bits per heavy atom. The smallest absolute Gasteiger partial charge is 0.281 e. The van der Waals surface area contributed by atoms with Crippen LogP contribution in [0.1, 0.15) is 9.67 Å². The van der Waals surface area contributed by atoms with Crippen LogP contribution in [0.15, 0.2) is 24.3 Å². The SMILES string of the molecule is CN(C)S(=O)(=O)N1CCN(C(=O)c2cc3c(Cl)cccc3s2)CC1. The summed E-state index contributed by atoms with van der Waals surface area (Å²) in [5.74, 6) is -0.0748. The van der Waals surface area contributed by atoms with Gasteiger partial charge >= 0.3 is 0 Å². The molecule has 0 atom stereocenters. The molecule has 1 aliphatic rings. The highest BCUT2D eigenvalue weighted by atomic mass is 35.5. The van der Waals surface area contributed by atoms with Crippen molar-refractivity contribution in [2.45, 2.75) is 0 Å². The molecule has 0 bridgehead atoms. The van der Waals surface area contributed by atoms with Gasteiger partial charge in [0.15, 0.2) is 0 Å². The van der Waals surface area contributed by atoms with Gasteiger partial charge in [0.2, 0.25) is 0 Å². The van der Waals surface area contributed by atoms with Crippen LogP contribution in [0, 0.1) is 0 Å². The van der Waals surface area contributed by atoms with Crippen molar-refractivity contribution in [2.24, 2.45) is 0 Å². The van der Waals surface area contributed by atoms with Crippen LogP contribution in [-0.4, -0.2) is 68.1 Å². The number of fused-ring (bicyclic) bond motifs is 1. The summed E-state index contributed by atoms with van der Waals surface area (Å²) in [7, 11) is -0.410. The standard InChI is InChI=1S/C15H18ClN3O3S2/c1-17(2)24(21,22)19-8-6-18(7-9-19)15(20)14-10-11-12(16)4-3-5-13(11)23-14/h3-5,10H,6-9H2,1-2H3. The fraction of sp³-hybridized carbons (Fsp3) is 0.400. The number of piperazine rings is 1. The molecule has 130 valence electrons. The van der Waals surface area contributed by atoms with Gasteiger partial charge in [0, 0.05) is 55.4 Å². The van der Waals surface area contributed by atoms with Gasteiger partial charge < -0.3 is 4.90 Å². The second-order valence-corrected chi connectivity index (χ2v) is 9.38. The summed E-state index contributed by atoms with van der Waals surface area (Å²) < 4.78 is 27.8. The lowest BCUT2D eigenvalue weighted by atomic mass is 10.2. The van der Waals surface area contributed by atoms with Crippen molar-refractivity contribution in [3.8, 4) is 0 Å². The average Bonchev–Trinajstić information content (AvgIpc) is 3.00. The Labute approximate surface area is 150 Å². The zero-order chi connectivity index (χ0) is 17.5. The van der Waals surface area contributed by atoms with Crippen molar-refractivity contribution < 1.29 is 13.2 Å². The normalized spacial score (nSPS) is 16.9. The fourth-order valence-electron chi connectivity index (χ4n) is 2.64. The number of amides is 1. The number of carbonyl (C=O) groups excluding carboxylic acids is 1. The van der Waals surface area contributed by atoms with Crippen LogP contribution in [0.5, 0.6) is 0 Å². The van der Waals surface area contributed by atoms with Gasteiger partial charge in [-0.1, -0.05) is 17.7 Å². The molecule has 0 N–H and O–H groups in total. The first-order valence-electron chi connectivity index (χ1n) is 7.45. The monoisotopic (exact) mass is 387 g/mol. The first kappa shape index (κ1) is 17.6. The molecule has 1 aromatic carbocycles. The second kappa shape index (κ2) is 6.61. The van der Waals surface area contributed by atoms with E-state index in [4.69, 9.17) is 11.6 Å². The van der Waals surface area contributed by atoms with Gasteiger partial charge in [0.25, 0.3) is 16.1 Å². The molecule has 0 spiro atoms. The summed E-state index contributed by atoms with van der Waals surface area (Å²) in [5.41, 5.74) is 0. The van der Waals surface area contributed by atoms with E-state index in [1.807, 2.05) is 18.2 Å². The van der Waals surface area contributed by atoms with Crippen molar-refractivity contribution in [3.63, 3.8) is 0 Å². The van der Waals surface area contributed by atoms with Crippen LogP contribution in [0.4, 0.5) is 0 Å². The summed E-state index contributed by atoms with van der Waals surface area (Å²) in [5, 5.41) is 1.51. The van der Waals surface area contributed by atoms with Gasteiger partial charge in [-0.15, -0.1) is 11.3 Å². The van der Waals surface area contributed by atoms with Crippen LogP contribution in [0.2, 0.25) is 5.02 Å². The molecule has 0 unspecified atom stereocenters. The maximum Gasteiger partial charge on any atom is 0.281 e. The highest BCUT2D eigenvalue weighted by molar-refractivity contribution is 7.86. The molecule has 6 nitrogen and oxygen atoms in total. The third-order valence-electron chi connectivity index (χ3n) is 4.03. The summed E-state index contributed by atoms with van der Waals surface area (Å²) in [6, 6.07) is 7.41. The lowest BCUT2D eigenvalue weighted by Gasteiger charge is -2.34. The zero-order valence-corrected chi connectivity index (χ0v) is 15.8. The molecule has 0 radical (unpaired) electrons. The molecule has 1 aliphatic heterocycles. The van der Waals surface area contributed by atoms with Gasteiger partial charge in [-0.25, -0.2) is 0 Å². The van der Waals surface area contributed by atoms with E-state index < -0.39 is 10.2 Å². The molecule has 1 saturated heterocycles. The Kier molecular flexibility index (Phi) is 4.85. The van der Waals surface area contributed by atoms with E-state index in [9.17, 15) is 13.2 Å². The maximum atomic E-state index is 12.7. The minimum atomic E-state index is -3.43. The molecule has 1 amide bonds. The van der Waals surface area contributed by atoms with Crippen LogP contribution < -0.4 is 0 Å². The quantitative estimate of drug-likeness (QED) is 0.810. The van der Waals surface area contributed by atoms with Gasteiger partial charge in [-0.05, 0) is 18.2 Å². The van der Waals surface area contributed by atoms with E-state index in [0.717, 1.165) is 10.1 Å². The number of benzene rings is 1. The minimum Gasteiger partial charge on any atom is -0.335 e. The summed E-state index contributed by atoms with van der Waals surface area (Å²) in [6.07, 6.45) is 0. The molecule has 1 fully saturated rings. The summed E-state index contributed by atoms with van der Waals surface area (Å²) in [4.78, 5) is 15.0. The van der Waals surface area contributed by atoms with E-state index in [1.54, 1.807) is 11.0 Å². The lowest BCUT2D eigenvalue weighted by Crippen LogP contribution is -2.52. The van der Waals surface area contributed by atoms with E-state index in [-0.39, 0.29) is 5.91 Å². The molecule has 0 aliphatic carbocycles. The van der Waals surface area contributed by atoms with E-state index in [0.29, 0.717) is 36.1 Å². The number of hydrogen-bond donors (Lipinski definition) is 0. The number of rotatable bonds is 3. The third-order valence-corrected chi connectivity index (χ3v) is 7.39. The van der Waals surface area contributed by atoms with Gasteiger partial charge in [0.05, 0.1) is 4.88 Å². The molecule has 9 heteroatoms. The molecular formula is C15H18ClN3O3S2. The Bertz CT molecular complexity index is 871. The average molecular weight is 388 g/mol. The topological polar surface area (TPSA) is 60.9 Å². The predicted octanol–water partition coefficient (Wildman–Crippen LogP) is 2.12. The van der Waals surface area contributed by atoms with Crippen LogP contribution in [0.3, 0.4) is 0 Å². The number of halogens is 1. The molecule has 2 heterocycles. The van der Waals surface area contributed by atoms with E-state index in [2.05, 4.69) is 0 Å². The highest BCUT2D eigenvalue weighted by Crippen LogP contribution is 2.31. The van der Waals surface area contributed by atoms with Crippen LogP contribution in [-0.2, 0) is 10.2 Å². The number of nitrogens with zero attached hydrogens (tertiary/aromatic N) is 3. The Balaban J connectivity index is 1.74. The van der Waals surface area contributed by atoms with Crippen LogP contribution >= 0.6 is 22.9 Å². The van der Waals surface area contributed by atoms with Gasteiger partial charge in [-0.2, -0.15) is 17.0 Å². The Hall–Kier alpha value is -1.19. The van der Waals surface area contributed by atoms with Crippen molar-refractivity contribution in [1.82, 2.24) is 13.5 Å². The first-order chi connectivity index (χ1) is 11.3. The predicted molar refractivity (Wildman–Crippen MR) is 96.9 cm³/mol. The minimum absolute atomic E-state index is 0.0748. The zero-order valence-electron chi connectivity index (χ0n) is 13.4. The Morgan fingerprint density at radius 1 is 1.21 bits per heavy atom.